The van der Waals surface area contributed by atoms with Crippen molar-refractivity contribution in [2.75, 3.05) is 51.5 Å². The standard InChI is InChI=1S/C26H29ClF3N7O2/c1-37(2,3)15-14-31-21(38)17-4-10-20(11-5-17)32-22-33-23(35-24(34-22)39-16-26(28,29)30)36-25(12-13-25)18-6-8-19(27)9-7-18/h4-11H,12-16H2,1-3H3,(H2-,31,32,33,34,35,36,38). The topological polar surface area (TPSA) is 107 Å². The molecule has 2 N–H and O–H groups in total. The van der Waals surface area contributed by atoms with E-state index in [4.69, 9.17) is 16.3 Å². The van der Waals surface area contributed by atoms with Crippen molar-refractivity contribution in [2.24, 2.45) is 4.99 Å². The minimum atomic E-state index is -4.56. The summed E-state index contributed by atoms with van der Waals surface area (Å²) in [6, 6.07) is 13.3. The van der Waals surface area contributed by atoms with E-state index in [-0.39, 0.29) is 17.8 Å². The molecular weight excluding hydrogens is 535 g/mol. The maximum absolute atomic E-state index is 12.8. The van der Waals surface area contributed by atoms with Crippen LogP contribution in [0.3, 0.4) is 0 Å². The normalized spacial score (nSPS) is 15.1. The van der Waals surface area contributed by atoms with E-state index in [0.29, 0.717) is 27.3 Å². The number of hydrogen-bond acceptors (Lipinski definition) is 8. The number of nitrogens with zero attached hydrogens (tertiary/aromatic N) is 5. The summed E-state index contributed by atoms with van der Waals surface area (Å²) < 4.78 is 43.9. The van der Waals surface area contributed by atoms with Crippen molar-refractivity contribution in [3.63, 3.8) is 0 Å². The molecule has 3 aromatic rings. The SMILES string of the molecule is C[N+](C)(C)CCN=C([O-])c1ccc(Nc2nc(NC3(c4ccc(Cl)cc4)CC3)nc(OCC(F)(F)F)n2)cc1. The van der Waals surface area contributed by atoms with Gasteiger partial charge in [-0.3, -0.25) is 4.99 Å². The Balaban J connectivity index is 1.52. The van der Waals surface area contributed by atoms with Gasteiger partial charge >= 0.3 is 12.2 Å². The summed E-state index contributed by atoms with van der Waals surface area (Å²) in [5, 5.41) is 19.1. The number of halogens is 4. The molecule has 1 saturated carbocycles. The first-order chi connectivity index (χ1) is 18.3. The summed E-state index contributed by atoms with van der Waals surface area (Å²) in [6.07, 6.45) is -3.01. The quantitative estimate of drug-likeness (QED) is 0.205. The Bertz CT molecular complexity index is 1310. The molecule has 0 spiro atoms. The number of aliphatic imine (C=N–C) groups is 1. The summed E-state index contributed by atoms with van der Waals surface area (Å²) >= 11 is 6.00. The third kappa shape index (κ3) is 8.42. The van der Waals surface area contributed by atoms with Gasteiger partial charge in [0.2, 0.25) is 11.9 Å². The van der Waals surface area contributed by atoms with Crippen molar-refractivity contribution in [3.05, 3.63) is 64.7 Å². The molecule has 0 atom stereocenters. The van der Waals surface area contributed by atoms with Crippen molar-refractivity contribution >= 4 is 35.1 Å². The molecular formula is C26H29ClF3N7O2. The number of quaternary nitrogens is 1. The fourth-order valence-electron chi connectivity index (χ4n) is 3.64. The number of likely N-dealkylation sites (N-methyl/N-ethyl adjacent to an activating group) is 1. The Hall–Kier alpha value is -3.64. The van der Waals surface area contributed by atoms with Crippen LogP contribution in [0.2, 0.25) is 5.02 Å². The second kappa shape index (κ2) is 11.2. The van der Waals surface area contributed by atoms with Crippen LogP contribution in [0, 0.1) is 0 Å². The van der Waals surface area contributed by atoms with Crippen molar-refractivity contribution < 1.29 is 27.5 Å². The molecule has 13 heteroatoms. The second-order valence-electron chi connectivity index (χ2n) is 10.3. The van der Waals surface area contributed by atoms with Gasteiger partial charge in [-0.1, -0.05) is 35.9 Å². The largest absolute Gasteiger partial charge is 0.858 e. The van der Waals surface area contributed by atoms with Crippen LogP contribution in [0.5, 0.6) is 6.01 Å². The lowest BCUT2D eigenvalue weighted by atomic mass is 10.1. The van der Waals surface area contributed by atoms with Gasteiger partial charge in [0.1, 0.15) is 0 Å². The van der Waals surface area contributed by atoms with E-state index in [0.717, 1.165) is 24.9 Å². The van der Waals surface area contributed by atoms with Crippen LogP contribution < -0.4 is 20.5 Å². The van der Waals surface area contributed by atoms with E-state index in [9.17, 15) is 18.3 Å². The third-order valence-electron chi connectivity index (χ3n) is 5.89. The van der Waals surface area contributed by atoms with Gasteiger partial charge in [-0.2, -0.15) is 28.1 Å². The monoisotopic (exact) mass is 563 g/mol. The summed E-state index contributed by atoms with van der Waals surface area (Å²) in [5.41, 5.74) is 1.40. The van der Waals surface area contributed by atoms with Crippen molar-refractivity contribution in [1.29, 1.82) is 0 Å². The van der Waals surface area contributed by atoms with Gasteiger partial charge in [-0.25, -0.2) is 0 Å². The van der Waals surface area contributed by atoms with Crippen molar-refractivity contribution in [2.45, 2.75) is 24.6 Å². The lowest BCUT2D eigenvalue weighted by molar-refractivity contribution is -0.868. The second-order valence-corrected chi connectivity index (χ2v) is 10.7. The average molecular weight is 564 g/mol. The maximum Gasteiger partial charge on any atom is 0.422 e. The highest BCUT2D eigenvalue weighted by Gasteiger charge is 2.45. The van der Waals surface area contributed by atoms with Gasteiger partial charge in [0.25, 0.3) is 0 Å². The third-order valence-corrected chi connectivity index (χ3v) is 6.14. The number of anilines is 3. The van der Waals surface area contributed by atoms with Crippen LogP contribution in [-0.2, 0) is 5.54 Å². The fourth-order valence-corrected chi connectivity index (χ4v) is 3.77. The smallest absolute Gasteiger partial charge is 0.422 e. The zero-order valence-electron chi connectivity index (χ0n) is 21.7. The number of ether oxygens (including phenoxy) is 1. The zero-order chi connectivity index (χ0) is 28.3. The van der Waals surface area contributed by atoms with Crippen LogP contribution in [0.15, 0.2) is 53.5 Å². The molecule has 2 aromatic carbocycles. The van der Waals surface area contributed by atoms with Gasteiger partial charge in [-0.15, -0.1) is 0 Å². The molecule has 0 aliphatic heterocycles. The summed E-state index contributed by atoms with van der Waals surface area (Å²) in [7, 11) is 6.05. The molecule has 208 valence electrons. The Morgan fingerprint density at radius 3 is 2.26 bits per heavy atom. The molecule has 1 aliphatic rings. The molecule has 0 saturated heterocycles. The van der Waals surface area contributed by atoms with Gasteiger partial charge in [0.05, 0.1) is 39.8 Å². The minimum absolute atomic E-state index is 0.0247. The average Bonchev–Trinajstić information content (AvgIpc) is 3.62. The van der Waals surface area contributed by atoms with Gasteiger partial charge in [0, 0.05) is 10.7 Å². The van der Waals surface area contributed by atoms with Crippen LogP contribution in [0.4, 0.5) is 30.8 Å². The molecule has 0 amide bonds. The predicted molar refractivity (Wildman–Crippen MR) is 141 cm³/mol. The molecule has 0 radical (unpaired) electrons. The Morgan fingerprint density at radius 1 is 1.03 bits per heavy atom. The number of hydrogen-bond donors (Lipinski definition) is 2. The van der Waals surface area contributed by atoms with Crippen LogP contribution >= 0.6 is 11.6 Å². The molecule has 1 heterocycles. The predicted octanol–water partition coefficient (Wildman–Crippen LogP) is 4.12. The van der Waals surface area contributed by atoms with Crippen LogP contribution in [0.25, 0.3) is 0 Å². The Kier molecular flexibility index (Phi) is 8.17. The lowest BCUT2D eigenvalue weighted by Crippen LogP contribution is -2.37. The molecule has 1 aliphatic carbocycles. The molecule has 1 fully saturated rings. The van der Waals surface area contributed by atoms with E-state index in [1.165, 1.54) is 0 Å². The number of benzene rings is 2. The molecule has 1 aromatic heterocycles. The minimum Gasteiger partial charge on any atom is -0.858 e. The molecule has 0 bridgehead atoms. The van der Waals surface area contributed by atoms with Gasteiger partial charge < -0.3 is 25.0 Å². The molecule has 0 unspecified atom stereocenters. The van der Waals surface area contributed by atoms with Crippen LogP contribution in [-0.4, -0.2) is 72.3 Å². The number of rotatable bonds is 11. The summed E-state index contributed by atoms with van der Waals surface area (Å²) in [4.78, 5) is 16.5. The summed E-state index contributed by atoms with van der Waals surface area (Å²) in [5.74, 6) is -0.301. The van der Waals surface area contributed by atoms with E-state index in [2.05, 4.69) is 30.6 Å². The fraction of sp³-hybridized carbons (Fsp3) is 0.385. The van der Waals surface area contributed by atoms with E-state index in [1.807, 2.05) is 33.3 Å². The number of nitrogens with one attached hydrogen (secondary N) is 2. The highest BCUT2D eigenvalue weighted by molar-refractivity contribution is 6.30. The first kappa shape index (κ1) is 28.4. The number of alkyl halides is 3. The first-order valence-corrected chi connectivity index (χ1v) is 12.6. The first-order valence-electron chi connectivity index (χ1n) is 12.2. The zero-order valence-corrected chi connectivity index (χ0v) is 22.5. The van der Waals surface area contributed by atoms with Crippen LogP contribution in [0.1, 0.15) is 24.0 Å². The lowest BCUT2D eigenvalue weighted by Gasteiger charge is -2.23. The molecule has 39 heavy (non-hydrogen) atoms. The highest BCUT2D eigenvalue weighted by atomic mass is 35.5. The van der Waals surface area contributed by atoms with Crippen molar-refractivity contribution in [1.82, 2.24) is 15.0 Å². The maximum atomic E-state index is 12.8. The van der Waals surface area contributed by atoms with Gasteiger partial charge in [0.15, 0.2) is 6.61 Å². The van der Waals surface area contributed by atoms with E-state index >= 15 is 0 Å². The molecule has 4 rings (SSSR count). The molecule has 9 nitrogen and oxygen atoms in total. The van der Waals surface area contributed by atoms with Gasteiger partial charge in [-0.05, 0) is 54.1 Å². The van der Waals surface area contributed by atoms with E-state index in [1.54, 1.807) is 36.4 Å². The number of aromatic nitrogens is 3. The highest BCUT2D eigenvalue weighted by Crippen LogP contribution is 2.48. The van der Waals surface area contributed by atoms with Crippen molar-refractivity contribution in [3.8, 4) is 6.01 Å². The van der Waals surface area contributed by atoms with E-state index < -0.39 is 24.3 Å². The summed E-state index contributed by atoms with van der Waals surface area (Å²) in [6.45, 7) is -0.424. The Labute approximate surface area is 229 Å². The Morgan fingerprint density at radius 2 is 1.67 bits per heavy atom.